The van der Waals surface area contributed by atoms with Gasteiger partial charge < -0.3 is 8.98 Å². The molecule has 0 aliphatic carbocycles. The van der Waals surface area contributed by atoms with Crippen LogP contribution in [0.2, 0.25) is 0 Å². The molecule has 0 amide bonds. The predicted molar refractivity (Wildman–Crippen MR) is 279 cm³/mol. The number of furan rings is 1. The molecule has 0 aliphatic heterocycles. The molecular weight excluding hydrogens is 845 g/mol. The van der Waals surface area contributed by atoms with Gasteiger partial charge in [0.25, 0.3) is 0 Å². The molecule has 0 N–H and O–H groups in total. The maximum Gasteiger partial charge on any atom is 0.164 e. The van der Waals surface area contributed by atoms with Crippen LogP contribution in [0.4, 0.5) is 0 Å². The van der Waals surface area contributed by atoms with E-state index in [1.165, 1.54) is 61.9 Å². The first-order valence-electron chi connectivity index (χ1n) is 22.1. The fourth-order valence-electron chi connectivity index (χ4n) is 10.3. The highest BCUT2D eigenvalue weighted by molar-refractivity contribution is 7.26. The van der Waals surface area contributed by atoms with Gasteiger partial charge in [0.15, 0.2) is 23.1 Å². The summed E-state index contributed by atoms with van der Waals surface area (Å²) in [5.41, 5.74) is 7.50. The summed E-state index contributed by atoms with van der Waals surface area (Å²) in [5, 5.41) is 14.0. The second kappa shape index (κ2) is 13.6. The SMILES string of the molecule is c1ccc2cc3c(cc2c1)c1ccccc1n3-c1cc(-c2nc(-c3ccc4sc5ccccc5c4c3)nc(-c3ccc4sc5ccccc5c4c3)n2)cc2c1oc1ccc3ccccc3c12. The number of para-hydroxylation sites is 1. The van der Waals surface area contributed by atoms with E-state index < -0.39 is 0 Å². The number of nitrogens with zero attached hydrogens (tertiary/aromatic N) is 4. The Kier molecular flexibility index (Phi) is 7.47. The lowest BCUT2D eigenvalue weighted by Gasteiger charge is -2.13. The van der Waals surface area contributed by atoms with Crippen molar-refractivity contribution in [3.05, 3.63) is 194 Å². The topological polar surface area (TPSA) is 56.7 Å². The Morgan fingerprint density at radius 2 is 0.879 bits per heavy atom. The van der Waals surface area contributed by atoms with Crippen LogP contribution >= 0.6 is 22.7 Å². The van der Waals surface area contributed by atoms with Gasteiger partial charge in [-0.3, -0.25) is 0 Å². The van der Waals surface area contributed by atoms with Crippen LogP contribution < -0.4 is 0 Å². The van der Waals surface area contributed by atoms with Gasteiger partial charge in [-0.2, -0.15) is 0 Å². The lowest BCUT2D eigenvalue weighted by molar-refractivity contribution is 0.666. The Balaban J connectivity index is 1.05. The third-order valence-electron chi connectivity index (χ3n) is 13.4. The van der Waals surface area contributed by atoms with E-state index in [9.17, 15) is 0 Å². The molecule has 0 spiro atoms. The van der Waals surface area contributed by atoms with Crippen LogP contribution in [0.5, 0.6) is 0 Å². The third kappa shape index (κ3) is 5.29. The van der Waals surface area contributed by atoms with Gasteiger partial charge in [0.05, 0.1) is 16.7 Å². The van der Waals surface area contributed by atoms with Crippen LogP contribution in [0.3, 0.4) is 0 Å². The summed E-state index contributed by atoms with van der Waals surface area (Å²) in [6.07, 6.45) is 0. The largest absolute Gasteiger partial charge is 0.454 e. The molecule has 0 saturated heterocycles. The zero-order valence-electron chi connectivity index (χ0n) is 35.0. The zero-order chi connectivity index (χ0) is 43.0. The fourth-order valence-corrected chi connectivity index (χ4v) is 12.5. The van der Waals surface area contributed by atoms with Crippen molar-refractivity contribution >= 4 is 128 Å². The summed E-state index contributed by atoms with van der Waals surface area (Å²) in [5.74, 6) is 1.83. The summed E-state index contributed by atoms with van der Waals surface area (Å²) < 4.78 is 14.4. The molecule has 15 aromatic rings. The zero-order valence-corrected chi connectivity index (χ0v) is 36.6. The highest BCUT2D eigenvalue weighted by Crippen LogP contribution is 2.44. The minimum atomic E-state index is 0.588. The first-order valence-corrected chi connectivity index (χ1v) is 23.7. The second-order valence-electron chi connectivity index (χ2n) is 17.1. The first kappa shape index (κ1) is 36.1. The molecule has 0 fully saturated rings. The first-order chi connectivity index (χ1) is 32.7. The lowest BCUT2D eigenvalue weighted by atomic mass is 10.0. The van der Waals surface area contributed by atoms with Crippen molar-refractivity contribution in [1.82, 2.24) is 19.5 Å². The second-order valence-corrected chi connectivity index (χ2v) is 19.3. The molecule has 5 nitrogen and oxygen atoms in total. The summed E-state index contributed by atoms with van der Waals surface area (Å²) in [6, 6.07) is 69.7. The van der Waals surface area contributed by atoms with Crippen molar-refractivity contribution in [2.75, 3.05) is 0 Å². The maximum atomic E-state index is 7.04. The molecule has 0 unspecified atom stereocenters. The molecule has 0 bridgehead atoms. The van der Waals surface area contributed by atoms with Crippen LogP contribution in [0.1, 0.15) is 0 Å². The van der Waals surface area contributed by atoms with Crippen molar-refractivity contribution in [1.29, 1.82) is 0 Å². The molecule has 5 aromatic heterocycles. The number of fused-ring (bicyclic) bond motifs is 15. The Labute approximate surface area is 384 Å². The van der Waals surface area contributed by atoms with E-state index in [-0.39, 0.29) is 0 Å². The molecule has 7 heteroatoms. The van der Waals surface area contributed by atoms with Crippen LogP contribution in [0.15, 0.2) is 199 Å². The Bertz CT molecular complexity index is 4420. The van der Waals surface area contributed by atoms with E-state index in [1.807, 2.05) is 22.7 Å². The van der Waals surface area contributed by atoms with Crippen LogP contribution in [0, 0.1) is 0 Å². The van der Waals surface area contributed by atoms with Crippen molar-refractivity contribution < 1.29 is 4.42 Å². The highest BCUT2D eigenvalue weighted by Gasteiger charge is 2.23. The minimum Gasteiger partial charge on any atom is -0.454 e. The molecular formula is C59H32N4OS2. The number of aromatic nitrogens is 4. The van der Waals surface area contributed by atoms with Gasteiger partial charge in [0, 0.05) is 78.6 Å². The Hall–Kier alpha value is -8.23. The summed E-state index contributed by atoms with van der Waals surface area (Å²) in [6.45, 7) is 0. The van der Waals surface area contributed by atoms with Gasteiger partial charge in [-0.15, -0.1) is 22.7 Å². The normalized spacial score (nSPS) is 12.2. The smallest absolute Gasteiger partial charge is 0.164 e. The van der Waals surface area contributed by atoms with E-state index in [1.54, 1.807) is 0 Å². The van der Waals surface area contributed by atoms with E-state index in [0.717, 1.165) is 66.1 Å². The molecule has 0 aliphatic rings. The average Bonchev–Trinajstić information content (AvgIpc) is 4.14. The van der Waals surface area contributed by atoms with Crippen molar-refractivity contribution in [3.63, 3.8) is 0 Å². The molecule has 10 aromatic carbocycles. The van der Waals surface area contributed by atoms with Crippen LogP contribution in [-0.2, 0) is 0 Å². The van der Waals surface area contributed by atoms with E-state index in [2.05, 4.69) is 199 Å². The van der Waals surface area contributed by atoms with Crippen molar-refractivity contribution in [2.45, 2.75) is 0 Å². The minimum absolute atomic E-state index is 0.588. The standard InChI is InChI=1S/C59H32N4OS2/c1-2-13-35-31-48-43(27-34(35)12-1)40-15-5-8-18-47(40)63(48)49-32-38(30-46-55-39-14-4-3-11-33(39)21-24-50(55)64-56(46)49)59-61-57(36-22-25-53-44(28-36)41-16-6-9-19-51(41)65-53)60-58(62-59)37-23-26-54-45(29-37)42-17-7-10-20-52(42)66-54/h1-32H. The van der Waals surface area contributed by atoms with Gasteiger partial charge >= 0.3 is 0 Å². The average molecular weight is 877 g/mol. The molecule has 66 heavy (non-hydrogen) atoms. The van der Waals surface area contributed by atoms with Gasteiger partial charge in [0.1, 0.15) is 5.58 Å². The Morgan fingerprint density at radius 1 is 0.348 bits per heavy atom. The quantitative estimate of drug-likeness (QED) is 0.177. The Morgan fingerprint density at radius 3 is 1.56 bits per heavy atom. The number of hydrogen-bond donors (Lipinski definition) is 0. The molecule has 15 rings (SSSR count). The van der Waals surface area contributed by atoms with Crippen molar-refractivity contribution in [3.8, 4) is 39.9 Å². The maximum absolute atomic E-state index is 7.04. The van der Waals surface area contributed by atoms with Gasteiger partial charge in [0.2, 0.25) is 0 Å². The number of hydrogen-bond acceptors (Lipinski definition) is 6. The summed E-state index contributed by atoms with van der Waals surface area (Å²) in [7, 11) is 0. The van der Waals surface area contributed by atoms with E-state index >= 15 is 0 Å². The van der Waals surface area contributed by atoms with Gasteiger partial charge in [-0.05, 0) is 106 Å². The summed E-state index contributed by atoms with van der Waals surface area (Å²) in [4.78, 5) is 16.2. The predicted octanol–water partition coefficient (Wildman–Crippen LogP) is 16.9. The monoisotopic (exact) mass is 876 g/mol. The summed E-state index contributed by atoms with van der Waals surface area (Å²) >= 11 is 3.62. The van der Waals surface area contributed by atoms with Crippen LogP contribution in [0.25, 0.3) is 145 Å². The number of rotatable bonds is 4. The van der Waals surface area contributed by atoms with Gasteiger partial charge in [-0.25, -0.2) is 15.0 Å². The number of benzene rings is 10. The van der Waals surface area contributed by atoms with E-state index in [0.29, 0.717) is 17.5 Å². The fraction of sp³-hybridized carbons (Fsp3) is 0. The molecule has 0 atom stereocenters. The van der Waals surface area contributed by atoms with Crippen molar-refractivity contribution in [2.24, 2.45) is 0 Å². The van der Waals surface area contributed by atoms with Gasteiger partial charge in [-0.1, -0.05) is 109 Å². The third-order valence-corrected chi connectivity index (χ3v) is 15.7. The number of thiophene rings is 2. The molecule has 5 heterocycles. The molecule has 0 radical (unpaired) electrons. The highest BCUT2D eigenvalue weighted by atomic mass is 32.1. The molecule has 306 valence electrons. The van der Waals surface area contributed by atoms with Crippen LogP contribution in [-0.4, -0.2) is 19.5 Å². The molecule has 0 saturated carbocycles. The van der Waals surface area contributed by atoms with E-state index in [4.69, 9.17) is 19.4 Å². The lowest BCUT2D eigenvalue weighted by Crippen LogP contribution is -2.01.